The van der Waals surface area contributed by atoms with E-state index in [-0.39, 0.29) is 0 Å². The number of thioether (sulfide) groups is 1. The highest BCUT2D eigenvalue weighted by atomic mass is 35.5. The largest absolute Gasteiger partial charge is 0.497 e. The Bertz CT molecular complexity index is 1180. The maximum absolute atomic E-state index is 11.1. The van der Waals surface area contributed by atoms with Crippen molar-refractivity contribution in [3.05, 3.63) is 87.7 Å². The zero-order valence-electron chi connectivity index (χ0n) is 21.5. The topological polar surface area (TPSA) is 68.7 Å². The number of methoxy groups -OCH3 is 1. The van der Waals surface area contributed by atoms with Gasteiger partial charge in [-0.3, -0.25) is 0 Å². The molecule has 202 valence electrons. The van der Waals surface area contributed by atoms with Crippen molar-refractivity contribution in [2.24, 2.45) is 0 Å². The molecule has 0 fully saturated rings. The first-order chi connectivity index (χ1) is 18.5. The van der Waals surface area contributed by atoms with Crippen LogP contribution in [0, 0.1) is 0 Å². The number of ether oxygens (including phenoxy) is 2. The number of hydrogen-bond donors (Lipinski definition) is 1. The van der Waals surface area contributed by atoms with Gasteiger partial charge >= 0.3 is 5.97 Å². The Morgan fingerprint density at radius 2 is 1.63 bits per heavy atom. The molecule has 0 radical (unpaired) electrons. The summed E-state index contributed by atoms with van der Waals surface area (Å²) < 4.78 is 11.2. The number of carboxylic acids is 1. The molecule has 3 aromatic rings. The summed E-state index contributed by atoms with van der Waals surface area (Å²) in [5.74, 6) is 0.972. The lowest BCUT2D eigenvalue weighted by Crippen LogP contribution is -2.02. The number of nitrogens with zero attached hydrogens (tertiary/aromatic N) is 1. The second-order valence-corrected chi connectivity index (χ2v) is 10.6. The van der Waals surface area contributed by atoms with Crippen LogP contribution in [0.4, 0.5) is 0 Å². The van der Waals surface area contributed by atoms with E-state index in [0.717, 1.165) is 48.1 Å². The van der Waals surface area contributed by atoms with Crippen LogP contribution in [0.15, 0.2) is 65.6 Å². The van der Waals surface area contributed by atoms with Gasteiger partial charge in [-0.05, 0) is 67.3 Å². The van der Waals surface area contributed by atoms with Gasteiger partial charge in [0.05, 0.1) is 29.5 Å². The Kier molecular flexibility index (Phi) is 12.8. The van der Waals surface area contributed by atoms with E-state index in [0.29, 0.717) is 33.8 Å². The van der Waals surface area contributed by atoms with Crippen LogP contribution in [-0.4, -0.2) is 29.8 Å². The lowest BCUT2D eigenvalue weighted by Gasteiger charge is -2.11. The molecule has 1 heterocycles. The zero-order valence-corrected chi connectivity index (χ0v) is 23.8. The second kappa shape index (κ2) is 16.3. The molecule has 1 aromatic heterocycles. The maximum Gasteiger partial charge on any atom is 0.328 e. The van der Waals surface area contributed by atoms with Crippen molar-refractivity contribution in [2.45, 2.75) is 55.6 Å². The molecular formula is C30H33Cl2NO4S. The molecule has 0 aliphatic heterocycles. The molecule has 0 aliphatic rings. The maximum atomic E-state index is 11.1. The molecule has 0 spiro atoms. The molecule has 8 heteroatoms. The van der Waals surface area contributed by atoms with E-state index in [1.54, 1.807) is 25.3 Å². The number of hydrogen-bond acceptors (Lipinski definition) is 5. The minimum Gasteiger partial charge on any atom is -0.497 e. The Hall–Kier alpha value is -2.67. The summed E-state index contributed by atoms with van der Waals surface area (Å²) in [5.41, 5.74) is 2.62. The SMILES string of the molecule is COc1ccc(CCCCCCCCOc2ccc(CSc3c(Cl)cccc3Cl)nc2/C=C/C(=O)O)cc1. The standard InChI is InChI=1S/C30H33Cl2NO4S/c1-36-24-15-12-22(13-16-24)9-6-4-2-3-5-7-20-37-28-18-14-23(33-27(28)17-19-29(34)35)21-38-30-25(31)10-8-11-26(30)32/h8,10-19H,2-7,9,20-21H2,1H3,(H,34,35)/b19-17+. The lowest BCUT2D eigenvalue weighted by molar-refractivity contribution is -0.131. The van der Waals surface area contributed by atoms with E-state index >= 15 is 0 Å². The molecule has 5 nitrogen and oxygen atoms in total. The highest BCUT2D eigenvalue weighted by Crippen LogP contribution is 2.35. The van der Waals surface area contributed by atoms with E-state index in [4.69, 9.17) is 37.8 Å². The lowest BCUT2D eigenvalue weighted by atomic mass is 10.0. The van der Waals surface area contributed by atoms with Crippen molar-refractivity contribution < 1.29 is 19.4 Å². The van der Waals surface area contributed by atoms with Crippen LogP contribution in [0.3, 0.4) is 0 Å². The Balaban J connectivity index is 1.41. The highest BCUT2D eigenvalue weighted by molar-refractivity contribution is 7.98. The average molecular weight is 575 g/mol. The van der Waals surface area contributed by atoms with Crippen molar-refractivity contribution in [1.29, 1.82) is 0 Å². The van der Waals surface area contributed by atoms with E-state index in [2.05, 4.69) is 17.1 Å². The van der Waals surface area contributed by atoms with Gasteiger partial charge in [-0.25, -0.2) is 9.78 Å². The summed E-state index contributed by atoms with van der Waals surface area (Å²) in [6, 6.07) is 17.4. The van der Waals surface area contributed by atoms with Gasteiger partial charge in [0.15, 0.2) is 0 Å². The fourth-order valence-corrected chi connectivity index (χ4v) is 5.45. The summed E-state index contributed by atoms with van der Waals surface area (Å²) in [5, 5.41) is 10.3. The summed E-state index contributed by atoms with van der Waals surface area (Å²) in [6.45, 7) is 0.560. The predicted molar refractivity (Wildman–Crippen MR) is 157 cm³/mol. The number of aliphatic carboxylic acids is 1. The molecule has 0 aliphatic carbocycles. The third-order valence-corrected chi connectivity index (χ3v) is 7.91. The summed E-state index contributed by atoms with van der Waals surface area (Å²) in [6.07, 6.45) is 10.4. The zero-order chi connectivity index (χ0) is 27.2. The van der Waals surface area contributed by atoms with Gasteiger partial charge in [0.25, 0.3) is 0 Å². The van der Waals surface area contributed by atoms with Crippen molar-refractivity contribution in [2.75, 3.05) is 13.7 Å². The van der Waals surface area contributed by atoms with Gasteiger partial charge in [0.2, 0.25) is 0 Å². The van der Waals surface area contributed by atoms with Crippen molar-refractivity contribution in [1.82, 2.24) is 4.98 Å². The summed E-state index contributed by atoms with van der Waals surface area (Å²) >= 11 is 14.0. The van der Waals surface area contributed by atoms with Crippen LogP contribution in [0.25, 0.3) is 6.08 Å². The molecule has 1 N–H and O–H groups in total. The molecule has 0 saturated carbocycles. The summed E-state index contributed by atoms with van der Waals surface area (Å²) in [7, 11) is 1.68. The first-order valence-electron chi connectivity index (χ1n) is 12.7. The first-order valence-corrected chi connectivity index (χ1v) is 14.4. The molecule has 0 bridgehead atoms. The van der Waals surface area contributed by atoms with Gasteiger partial charge in [-0.2, -0.15) is 0 Å². The monoisotopic (exact) mass is 573 g/mol. The fourth-order valence-electron chi connectivity index (χ4n) is 3.86. The second-order valence-electron chi connectivity index (χ2n) is 8.76. The number of carboxylic acid groups (broad SMARTS) is 1. The van der Waals surface area contributed by atoms with E-state index in [1.807, 2.05) is 24.3 Å². The number of aromatic nitrogens is 1. The molecule has 0 atom stereocenters. The number of unbranched alkanes of at least 4 members (excludes halogenated alkanes) is 5. The predicted octanol–water partition coefficient (Wildman–Crippen LogP) is 8.75. The Morgan fingerprint density at radius 3 is 2.32 bits per heavy atom. The Morgan fingerprint density at radius 1 is 0.947 bits per heavy atom. The Labute approximate surface area is 239 Å². The third kappa shape index (κ3) is 10.2. The van der Waals surface area contributed by atoms with Crippen molar-refractivity contribution in [3.8, 4) is 11.5 Å². The highest BCUT2D eigenvalue weighted by Gasteiger charge is 2.10. The fraction of sp³-hybridized carbons (Fsp3) is 0.333. The average Bonchev–Trinajstić information content (AvgIpc) is 2.91. The number of halogens is 2. The molecule has 0 amide bonds. The van der Waals surface area contributed by atoms with Crippen molar-refractivity contribution in [3.63, 3.8) is 0 Å². The van der Waals surface area contributed by atoms with E-state index in [9.17, 15) is 4.79 Å². The number of pyridine rings is 1. The normalized spacial score (nSPS) is 11.1. The van der Waals surface area contributed by atoms with Gasteiger partial charge < -0.3 is 14.6 Å². The molecular weight excluding hydrogens is 541 g/mol. The smallest absolute Gasteiger partial charge is 0.328 e. The first kappa shape index (κ1) is 29.9. The summed E-state index contributed by atoms with van der Waals surface area (Å²) in [4.78, 5) is 16.5. The van der Waals surface area contributed by atoms with Crippen LogP contribution in [-0.2, 0) is 17.0 Å². The van der Waals surface area contributed by atoms with Crippen LogP contribution in [0.2, 0.25) is 10.0 Å². The van der Waals surface area contributed by atoms with Crippen LogP contribution >= 0.6 is 35.0 Å². The van der Waals surface area contributed by atoms with Crippen LogP contribution in [0.1, 0.15) is 55.5 Å². The quantitative estimate of drug-likeness (QED) is 0.105. The number of carbonyl (C=O) groups is 1. The number of rotatable bonds is 16. The van der Waals surface area contributed by atoms with Gasteiger partial charge in [-0.1, -0.05) is 67.1 Å². The molecule has 3 rings (SSSR count). The number of benzene rings is 2. The minimum atomic E-state index is -1.03. The minimum absolute atomic E-state index is 0.495. The molecule has 2 aromatic carbocycles. The van der Waals surface area contributed by atoms with Gasteiger partial charge in [-0.15, -0.1) is 11.8 Å². The molecule has 0 saturated heterocycles. The van der Waals surface area contributed by atoms with Gasteiger partial charge in [0, 0.05) is 16.7 Å². The third-order valence-electron chi connectivity index (χ3n) is 5.89. The van der Waals surface area contributed by atoms with Crippen LogP contribution in [0.5, 0.6) is 11.5 Å². The van der Waals surface area contributed by atoms with E-state index in [1.165, 1.54) is 42.7 Å². The van der Waals surface area contributed by atoms with Gasteiger partial charge in [0.1, 0.15) is 17.2 Å². The van der Waals surface area contributed by atoms with E-state index < -0.39 is 5.97 Å². The van der Waals surface area contributed by atoms with Crippen molar-refractivity contribution >= 4 is 47.0 Å². The van der Waals surface area contributed by atoms with Crippen LogP contribution < -0.4 is 9.47 Å². The number of aryl methyl sites for hydroxylation is 1. The molecule has 0 unspecified atom stereocenters. The molecule has 38 heavy (non-hydrogen) atoms.